The smallest absolute Gasteiger partial charge is 0.0931 e. The molecule has 3 nitrogen and oxygen atoms in total. The molecule has 1 aromatic heterocycles. The average Bonchev–Trinajstić information content (AvgIpc) is 2.62. The Morgan fingerprint density at radius 1 is 1.31 bits per heavy atom. The van der Waals surface area contributed by atoms with Gasteiger partial charge >= 0.3 is 0 Å². The van der Waals surface area contributed by atoms with E-state index < -0.39 is 0 Å². The van der Waals surface area contributed by atoms with Gasteiger partial charge in [-0.3, -0.25) is 0 Å². The van der Waals surface area contributed by atoms with Crippen LogP contribution in [0.15, 0.2) is 23.4 Å². The number of rotatable bonds is 2. The van der Waals surface area contributed by atoms with Crippen LogP contribution in [0.4, 0.5) is 0 Å². The van der Waals surface area contributed by atoms with E-state index in [2.05, 4.69) is 36.8 Å². The lowest BCUT2D eigenvalue weighted by Gasteiger charge is -2.22. The molecule has 0 saturated carbocycles. The van der Waals surface area contributed by atoms with Gasteiger partial charge in [0.2, 0.25) is 0 Å². The molecule has 0 aliphatic carbocycles. The first-order valence-corrected chi connectivity index (χ1v) is 7.09. The maximum Gasteiger partial charge on any atom is 0.0931 e. The first kappa shape index (κ1) is 11.8. The molecule has 0 aliphatic rings. The number of imidazole rings is 1. The third-order valence-corrected chi connectivity index (χ3v) is 3.81. The minimum absolute atomic E-state index is 0.0529. The normalized spacial score (nSPS) is 12.2. The number of hydrogen-bond donors (Lipinski definition) is 2. The van der Waals surface area contributed by atoms with Gasteiger partial charge in [0.05, 0.1) is 28.4 Å². The Hall–Kier alpha value is -0.650. The summed E-state index contributed by atoms with van der Waals surface area (Å²) in [6.07, 6.45) is 1.69. The second-order valence-electron chi connectivity index (χ2n) is 4.68. The van der Waals surface area contributed by atoms with Crippen LogP contribution < -0.4 is 0 Å². The Balaban J connectivity index is 2.62. The van der Waals surface area contributed by atoms with Crippen LogP contribution in [0.1, 0.15) is 26.3 Å². The van der Waals surface area contributed by atoms with Crippen molar-refractivity contribution in [3.8, 4) is 0 Å². The van der Waals surface area contributed by atoms with Crippen molar-refractivity contribution < 1.29 is 4.55 Å². The predicted molar refractivity (Wildman–Crippen MR) is 70.9 cm³/mol. The van der Waals surface area contributed by atoms with Gasteiger partial charge in [-0.25, -0.2) is 4.98 Å². The molecule has 0 spiro atoms. The minimum Gasteiger partial charge on any atom is -0.345 e. The number of fused-ring (bicyclic) bond motifs is 1. The van der Waals surface area contributed by atoms with E-state index in [-0.39, 0.29) is 5.41 Å². The second-order valence-corrected chi connectivity index (χ2v) is 6.38. The summed E-state index contributed by atoms with van der Waals surface area (Å²) in [7, 11) is 1.37. The standard InChI is InChI=1S/C11H14N2OS2/c1-11(2,3)7-4-8-9(13-6-12-8)5-10(7)15-16-14/h4-6,14H,1-3H3,(H,12,13). The second kappa shape index (κ2) is 4.31. The molecule has 2 aromatic rings. The topological polar surface area (TPSA) is 48.9 Å². The molecule has 0 atom stereocenters. The zero-order chi connectivity index (χ0) is 11.8. The molecule has 0 amide bonds. The molecule has 1 heterocycles. The third-order valence-electron chi connectivity index (χ3n) is 2.46. The lowest BCUT2D eigenvalue weighted by molar-refractivity contribution is 0.579. The molecule has 86 valence electrons. The number of benzene rings is 1. The number of aromatic amines is 1. The zero-order valence-corrected chi connectivity index (χ0v) is 11.1. The van der Waals surface area contributed by atoms with Crippen molar-refractivity contribution in [3.63, 3.8) is 0 Å². The van der Waals surface area contributed by atoms with Crippen LogP contribution in [0.25, 0.3) is 11.0 Å². The van der Waals surface area contributed by atoms with Crippen molar-refractivity contribution in [1.29, 1.82) is 0 Å². The van der Waals surface area contributed by atoms with Gasteiger partial charge in [-0.1, -0.05) is 20.8 Å². The summed E-state index contributed by atoms with van der Waals surface area (Å²) < 4.78 is 8.98. The van der Waals surface area contributed by atoms with Crippen LogP contribution in [0.5, 0.6) is 0 Å². The summed E-state index contributed by atoms with van der Waals surface area (Å²) in [6.45, 7) is 6.49. The van der Waals surface area contributed by atoms with Crippen LogP contribution in [0.2, 0.25) is 0 Å². The maximum atomic E-state index is 8.98. The van der Waals surface area contributed by atoms with Gasteiger partial charge in [0.15, 0.2) is 0 Å². The highest BCUT2D eigenvalue weighted by molar-refractivity contribution is 8.74. The number of H-pyrrole nitrogens is 1. The van der Waals surface area contributed by atoms with Crippen LogP contribution in [-0.2, 0) is 5.41 Å². The van der Waals surface area contributed by atoms with Gasteiger partial charge in [0.25, 0.3) is 0 Å². The highest BCUT2D eigenvalue weighted by Gasteiger charge is 2.19. The van der Waals surface area contributed by atoms with E-state index in [0.29, 0.717) is 0 Å². The molecule has 2 N–H and O–H groups in total. The van der Waals surface area contributed by atoms with Crippen molar-refractivity contribution in [1.82, 2.24) is 9.97 Å². The molecule has 2 rings (SSSR count). The largest absolute Gasteiger partial charge is 0.345 e. The van der Waals surface area contributed by atoms with Crippen LogP contribution in [0.3, 0.4) is 0 Å². The fourth-order valence-corrected chi connectivity index (χ4v) is 3.01. The van der Waals surface area contributed by atoms with E-state index in [4.69, 9.17) is 4.55 Å². The minimum atomic E-state index is 0.0529. The lowest BCUT2D eigenvalue weighted by atomic mass is 9.87. The molecule has 5 heteroatoms. The van der Waals surface area contributed by atoms with E-state index in [1.54, 1.807) is 6.33 Å². The molecular formula is C11H14N2OS2. The fraction of sp³-hybridized carbons (Fsp3) is 0.364. The summed E-state index contributed by atoms with van der Waals surface area (Å²) in [5.74, 6) is 0. The lowest BCUT2D eigenvalue weighted by Crippen LogP contribution is -2.12. The molecule has 1 aromatic carbocycles. The van der Waals surface area contributed by atoms with Crippen LogP contribution >= 0.6 is 21.9 Å². The highest BCUT2D eigenvalue weighted by Crippen LogP contribution is 2.38. The van der Waals surface area contributed by atoms with E-state index in [0.717, 1.165) is 27.0 Å². The molecule has 0 unspecified atom stereocenters. The van der Waals surface area contributed by atoms with Gasteiger partial charge < -0.3 is 9.54 Å². The maximum absolute atomic E-state index is 8.98. The summed E-state index contributed by atoms with van der Waals surface area (Å²) in [5.41, 5.74) is 3.25. The Bertz CT molecular complexity index is 502. The van der Waals surface area contributed by atoms with Crippen molar-refractivity contribution in [3.05, 3.63) is 24.0 Å². The van der Waals surface area contributed by atoms with E-state index >= 15 is 0 Å². The first-order valence-electron chi connectivity index (χ1n) is 4.98. The Morgan fingerprint density at radius 3 is 2.69 bits per heavy atom. The molecule has 0 aliphatic heterocycles. The molecule has 16 heavy (non-hydrogen) atoms. The fourth-order valence-electron chi connectivity index (χ4n) is 1.66. The molecule has 0 bridgehead atoms. The van der Waals surface area contributed by atoms with E-state index in [9.17, 15) is 0 Å². The molecule has 0 fully saturated rings. The summed E-state index contributed by atoms with van der Waals surface area (Å²) in [4.78, 5) is 8.41. The monoisotopic (exact) mass is 254 g/mol. The van der Waals surface area contributed by atoms with Crippen molar-refractivity contribution in [2.45, 2.75) is 31.1 Å². The summed E-state index contributed by atoms with van der Waals surface area (Å²) >= 11 is 0.775. The highest BCUT2D eigenvalue weighted by atomic mass is 33.1. The summed E-state index contributed by atoms with van der Waals surface area (Å²) in [5, 5.41) is 0. The van der Waals surface area contributed by atoms with Crippen LogP contribution in [-0.4, -0.2) is 14.5 Å². The van der Waals surface area contributed by atoms with E-state index in [1.807, 2.05) is 6.07 Å². The molecule has 0 radical (unpaired) electrons. The SMILES string of the molecule is CC(C)(C)c1cc2[nH]cnc2cc1SSO. The molecule has 0 saturated heterocycles. The van der Waals surface area contributed by atoms with Gasteiger partial charge in [-0.15, -0.1) is 0 Å². The molecular weight excluding hydrogens is 240 g/mol. The van der Waals surface area contributed by atoms with Crippen LogP contribution in [0, 0.1) is 0 Å². The third kappa shape index (κ3) is 2.21. The number of nitrogens with zero attached hydrogens (tertiary/aromatic N) is 1. The van der Waals surface area contributed by atoms with Gasteiger partial charge in [-0.2, -0.15) is 0 Å². The number of nitrogens with one attached hydrogen (secondary N) is 1. The zero-order valence-electron chi connectivity index (χ0n) is 9.44. The first-order chi connectivity index (χ1) is 7.52. The summed E-state index contributed by atoms with van der Waals surface area (Å²) in [6, 6.07) is 4.13. The number of hydrogen-bond acceptors (Lipinski definition) is 4. The van der Waals surface area contributed by atoms with Crippen molar-refractivity contribution in [2.75, 3.05) is 0 Å². The van der Waals surface area contributed by atoms with Gasteiger partial charge in [0.1, 0.15) is 0 Å². The quantitative estimate of drug-likeness (QED) is 0.626. The predicted octanol–water partition coefficient (Wildman–Crippen LogP) is 4.07. The Labute approximate surface area is 103 Å². The van der Waals surface area contributed by atoms with Crippen molar-refractivity contribution >= 4 is 32.9 Å². The van der Waals surface area contributed by atoms with Gasteiger partial charge in [-0.05, 0) is 33.9 Å². The van der Waals surface area contributed by atoms with Gasteiger partial charge in [0, 0.05) is 4.90 Å². The average molecular weight is 254 g/mol. The number of aromatic nitrogens is 2. The van der Waals surface area contributed by atoms with E-state index in [1.165, 1.54) is 16.4 Å². The Kier molecular flexibility index (Phi) is 3.19. The van der Waals surface area contributed by atoms with Crippen molar-refractivity contribution in [2.24, 2.45) is 0 Å². The Morgan fingerprint density at radius 2 is 2.06 bits per heavy atom.